The molecule has 12 heteroatoms. The summed E-state index contributed by atoms with van der Waals surface area (Å²) in [6.07, 6.45) is 0.976. The van der Waals surface area contributed by atoms with Crippen molar-refractivity contribution in [3.63, 3.8) is 0 Å². The van der Waals surface area contributed by atoms with Crippen LogP contribution in [0.3, 0.4) is 0 Å². The number of phenols is 1. The molecule has 1 rings (SSSR count). The normalized spacial score (nSPS) is 11.5. The summed E-state index contributed by atoms with van der Waals surface area (Å²) >= 11 is 0. The van der Waals surface area contributed by atoms with Crippen molar-refractivity contribution in [1.29, 1.82) is 5.26 Å². The van der Waals surface area contributed by atoms with Crippen LogP contribution in [0.5, 0.6) is 11.5 Å². The second kappa shape index (κ2) is 8.28. The first-order valence-corrected chi connectivity index (χ1v) is 8.49. The molecule has 26 heavy (non-hydrogen) atoms. The van der Waals surface area contributed by atoms with Gasteiger partial charge < -0.3 is 14.2 Å². The Hall–Kier alpha value is -3.17. The van der Waals surface area contributed by atoms with Gasteiger partial charge >= 0.3 is 16.1 Å². The van der Waals surface area contributed by atoms with Gasteiger partial charge in [0, 0.05) is 19.2 Å². The molecule has 140 valence electrons. The summed E-state index contributed by atoms with van der Waals surface area (Å²) in [5.74, 6) is -2.70. The van der Waals surface area contributed by atoms with E-state index < -0.39 is 38.4 Å². The first kappa shape index (κ1) is 20.9. The fourth-order valence-corrected chi connectivity index (χ4v) is 2.36. The number of nitriles is 1. The number of aromatic hydroxyl groups is 1. The molecule has 0 radical (unpaired) electrons. The highest BCUT2D eigenvalue weighted by molar-refractivity contribution is 7.81. The second-order valence-electron chi connectivity index (χ2n) is 4.80. The molecule has 0 bridgehead atoms. The number of hydrogen-bond donors (Lipinski definition) is 2. The highest BCUT2D eigenvalue weighted by Gasteiger charge is 2.24. The largest absolute Gasteiger partial charge is 0.499 e. The van der Waals surface area contributed by atoms with E-state index >= 15 is 0 Å². The monoisotopic (exact) mass is 385 g/mol. The van der Waals surface area contributed by atoms with Gasteiger partial charge in [-0.25, -0.2) is 0 Å². The number of phenolic OH excluding ortho intramolecular Hbond substituents is 1. The van der Waals surface area contributed by atoms with Crippen LogP contribution >= 0.6 is 0 Å². The van der Waals surface area contributed by atoms with E-state index in [2.05, 4.69) is 4.18 Å². The zero-order valence-electron chi connectivity index (χ0n) is 13.7. The van der Waals surface area contributed by atoms with Gasteiger partial charge in [0.05, 0.1) is 4.92 Å². The van der Waals surface area contributed by atoms with Crippen molar-refractivity contribution >= 4 is 28.1 Å². The number of hydrogen-bond acceptors (Lipinski definition) is 8. The lowest BCUT2D eigenvalue weighted by Crippen LogP contribution is -2.31. The van der Waals surface area contributed by atoms with Crippen molar-refractivity contribution in [3.05, 3.63) is 33.4 Å². The Bertz CT molecular complexity index is 898. The van der Waals surface area contributed by atoms with Crippen LogP contribution in [0.2, 0.25) is 0 Å². The van der Waals surface area contributed by atoms with Crippen LogP contribution in [0.1, 0.15) is 19.4 Å². The fourth-order valence-electron chi connectivity index (χ4n) is 2.00. The lowest BCUT2D eigenvalue weighted by Gasteiger charge is -2.17. The standard InChI is InChI=1S/C14H15N3O8S/c1-3-16(4-2)14(19)10(8-15)5-9-6-11(17(20)21)13(18)12(7-9)25-26(22,23)24/h5-7,18H,3-4H2,1-2H3,(H,22,23,24)/b10-5+. The van der Waals surface area contributed by atoms with Crippen molar-refractivity contribution in [1.82, 2.24) is 4.90 Å². The maximum absolute atomic E-state index is 12.2. The molecular formula is C14H15N3O8S. The summed E-state index contributed by atoms with van der Waals surface area (Å²) in [5.41, 5.74) is -1.47. The van der Waals surface area contributed by atoms with Gasteiger partial charge in [0.25, 0.3) is 5.91 Å². The highest BCUT2D eigenvalue weighted by Crippen LogP contribution is 2.38. The molecule has 0 aliphatic rings. The number of nitro benzene ring substituents is 1. The summed E-state index contributed by atoms with van der Waals surface area (Å²) in [6, 6.07) is 3.30. The van der Waals surface area contributed by atoms with Crippen molar-refractivity contribution in [2.75, 3.05) is 13.1 Å². The third kappa shape index (κ3) is 5.16. The molecule has 1 aromatic rings. The number of likely N-dealkylation sites (N-methyl/N-ethyl adjacent to an activating group) is 1. The van der Waals surface area contributed by atoms with Crippen LogP contribution in [-0.2, 0) is 15.2 Å². The summed E-state index contributed by atoms with van der Waals surface area (Å²) in [4.78, 5) is 23.5. The minimum atomic E-state index is -5.07. The van der Waals surface area contributed by atoms with Crippen molar-refractivity contribution in [2.24, 2.45) is 0 Å². The number of carbonyl (C=O) groups is 1. The molecule has 0 aliphatic heterocycles. The number of nitrogens with zero attached hydrogens (tertiary/aromatic N) is 3. The Labute approximate surface area is 148 Å². The Kier molecular flexibility index (Phi) is 6.64. The maximum atomic E-state index is 12.2. The van der Waals surface area contributed by atoms with Crippen molar-refractivity contribution in [3.8, 4) is 17.6 Å². The number of benzene rings is 1. The fraction of sp³-hybridized carbons (Fsp3) is 0.286. The molecule has 0 saturated heterocycles. The van der Waals surface area contributed by atoms with Crippen LogP contribution in [0.25, 0.3) is 6.08 Å². The average molecular weight is 385 g/mol. The Morgan fingerprint density at radius 2 is 2.00 bits per heavy atom. The van der Waals surface area contributed by atoms with E-state index in [-0.39, 0.29) is 11.1 Å². The van der Waals surface area contributed by atoms with Crippen LogP contribution < -0.4 is 4.18 Å². The molecule has 0 heterocycles. The number of nitro groups is 1. The van der Waals surface area contributed by atoms with E-state index in [1.165, 1.54) is 4.90 Å². The lowest BCUT2D eigenvalue weighted by molar-refractivity contribution is -0.385. The zero-order chi connectivity index (χ0) is 20.1. The van der Waals surface area contributed by atoms with E-state index in [4.69, 9.17) is 4.55 Å². The molecule has 0 fully saturated rings. The van der Waals surface area contributed by atoms with Crippen LogP contribution in [0.4, 0.5) is 5.69 Å². The van der Waals surface area contributed by atoms with Gasteiger partial charge in [-0.05, 0) is 31.6 Å². The second-order valence-corrected chi connectivity index (χ2v) is 5.82. The summed E-state index contributed by atoms with van der Waals surface area (Å²) in [6.45, 7) is 4.03. The van der Waals surface area contributed by atoms with E-state index in [1.807, 2.05) is 0 Å². The predicted octanol–water partition coefficient (Wildman–Crippen LogP) is 1.26. The van der Waals surface area contributed by atoms with Gasteiger partial charge in [0.15, 0.2) is 5.75 Å². The van der Waals surface area contributed by atoms with E-state index in [9.17, 15) is 33.7 Å². The Morgan fingerprint density at radius 1 is 1.42 bits per heavy atom. The molecule has 0 aliphatic carbocycles. The minimum Gasteiger partial charge on any atom is -0.499 e. The number of carbonyl (C=O) groups excluding carboxylic acids is 1. The van der Waals surface area contributed by atoms with Gasteiger partial charge in [-0.3, -0.25) is 19.5 Å². The number of amides is 1. The Balaban J connectivity index is 3.54. The molecule has 0 saturated carbocycles. The quantitative estimate of drug-likeness (QED) is 0.230. The topological polar surface area (TPSA) is 171 Å². The SMILES string of the molecule is CCN(CC)C(=O)/C(C#N)=C/c1cc(OS(=O)(=O)O)c(O)c([N+](=O)[O-])c1. The third-order valence-electron chi connectivity index (χ3n) is 3.18. The highest BCUT2D eigenvalue weighted by atomic mass is 32.3. The molecule has 0 atom stereocenters. The zero-order valence-corrected chi connectivity index (χ0v) is 14.6. The minimum absolute atomic E-state index is 0.162. The lowest BCUT2D eigenvalue weighted by atomic mass is 10.1. The summed E-state index contributed by atoms with van der Waals surface area (Å²) in [7, 11) is -5.07. The van der Waals surface area contributed by atoms with Crippen LogP contribution in [0.15, 0.2) is 17.7 Å². The van der Waals surface area contributed by atoms with Crippen LogP contribution in [0, 0.1) is 21.4 Å². The van der Waals surface area contributed by atoms with E-state index in [1.54, 1.807) is 19.9 Å². The molecule has 0 spiro atoms. The summed E-state index contributed by atoms with van der Waals surface area (Å²) in [5, 5.41) is 29.9. The van der Waals surface area contributed by atoms with Gasteiger partial charge in [-0.2, -0.15) is 13.7 Å². The number of rotatable bonds is 7. The molecule has 11 nitrogen and oxygen atoms in total. The van der Waals surface area contributed by atoms with Gasteiger partial charge in [0.1, 0.15) is 11.6 Å². The molecule has 1 amide bonds. The van der Waals surface area contributed by atoms with Gasteiger partial charge in [-0.1, -0.05) is 0 Å². The molecule has 2 N–H and O–H groups in total. The first-order valence-electron chi connectivity index (χ1n) is 7.13. The molecular weight excluding hydrogens is 370 g/mol. The van der Waals surface area contributed by atoms with Crippen molar-refractivity contribution in [2.45, 2.75) is 13.8 Å². The maximum Gasteiger partial charge on any atom is 0.446 e. The Morgan fingerprint density at radius 3 is 2.42 bits per heavy atom. The smallest absolute Gasteiger partial charge is 0.446 e. The van der Waals surface area contributed by atoms with Gasteiger partial charge in [-0.15, -0.1) is 0 Å². The van der Waals surface area contributed by atoms with Gasteiger partial charge in [0.2, 0.25) is 5.75 Å². The average Bonchev–Trinajstić information content (AvgIpc) is 2.54. The molecule has 0 aromatic heterocycles. The molecule has 0 unspecified atom stereocenters. The first-order chi connectivity index (χ1) is 12.0. The molecule has 1 aromatic carbocycles. The van der Waals surface area contributed by atoms with E-state index in [0.717, 1.165) is 18.2 Å². The summed E-state index contributed by atoms with van der Waals surface area (Å²) < 4.78 is 34.5. The van der Waals surface area contributed by atoms with Crippen molar-refractivity contribution < 1.29 is 32.0 Å². The van der Waals surface area contributed by atoms with E-state index in [0.29, 0.717) is 13.1 Å². The predicted molar refractivity (Wildman–Crippen MR) is 88.5 cm³/mol. The van der Waals surface area contributed by atoms with Crippen LogP contribution in [-0.4, -0.2) is 46.9 Å². The third-order valence-corrected chi connectivity index (χ3v) is 3.57.